The lowest BCUT2D eigenvalue weighted by Crippen LogP contribution is -2.08. The van der Waals surface area contributed by atoms with Crippen molar-refractivity contribution in [3.8, 4) is 0 Å². The molecule has 0 aromatic carbocycles. The van der Waals surface area contributed by atoms with E-state index in [2.05, 4.69) is 28.4 Å². The van der Waals surface area contributed by atoms with Gasteiger partial charge in [-0.1, -0.05) is 6.07 Å². The molecule has 0 amide bonds. The minimum atomic E-state index is 0.670. The number of nitrogens with one attached hydrogen (secondary N) is 1. The fourth-order valence-corrected chi connectivity index (χ4v) is 2.24. The third-order valence-corrected chi connectivity index (χ3v) is 3.46. The molecule has 0 atom stereocenters. The molecule has 2 heterocycles. The van der Waals surface area contributed by atoms with E-state index in [4.69, 9.17) is 4.74 Å². The van der Waals surface area contributed by atoms with Crippen LogP contribution in [0.15, 0.2) is 18.3 Å². The summed E-state index contributed by atoms with van der Waals surface area (Å²) in [6.07, 6.45) is 1.82. The molecule has 108 valence electrons. The van der Waals surface area contributed by atoms with Crippen molar-refractivity contribution in [2.75, 3.05) is 19.0 Å². The van der Waals surface area contributed by atoms with Crippen LogP contribution in [0, 0.1) is 20.8 Å². The summed E-state index contributed by atoms with van der Waals surface area (Å²) < 4.78 is 7.09. The first-order valence-corrected chi connectivity index (χ1v) is 6.80. The van der Waals surface area contributed by atoms with Gasteiger partial charge in [-0.3, -0.25) is 9.67 Å². The van der Waals surface area contributed by atoms with Crippen LogP contribution in [-0.2, 0) is 17.8 Å². The van der Waals surface area contributed by atoms with Crippen molar-refractivity contribution < 1.29 is 4.74 Å². The van der Waals surface area contributed by atoms with Crippen molar-refractivity contribution in [3.63, 3.8) is 0 Å². The first-order chi connectivity index (χ1) is 9.63. The van der Waals surface area contributed by atoms with Gasteiger partial charge >= 0.3 is 0 Å². The topological polar surface area (TPSA) is 52.0 Å². The van der Waals surface area contributed by atoms with E-state index < -0.39 is 0 Å². The van der Waals surface area contributed by atoms with Crippen molar-refractivity contribution in [3.05, 3.63) is 41.0 Å². The van der Waals surface area contributed by atoms with Gasteiger partial charge < -0.3 is 10.1 Å². The summed E-state index contributed by atoms with van der Waals surface area (Å²) in [6, 6.07) is 4.06. The van der Waals surface area contributed by atoms with E-state index in [9.17, 15) is 0 Å². The van der Waals surface area contributed by atoms with E-state index in [-0.39, 0.29) is 0 Å². The average Bonchev–Trinajstić information content (AvgIpc) is 2.71. The van der Waals surface area contributed by atoms with Gasteiger partial charge in [-0.05, 0) is 32.4 Å². The minimum Gasteiger partial charge on any atom is -0.383 e. The van der Waals surface area contributed by atoms with Crippen molar-refractivity contribution in [2.24, 2.45) is 0 Å². The molecule has 0 saturated heterocycles. The highest BCUT2D eigenvalue weighted by molar-refractivity contribution is 5.52. The Bertz CT molecular complexity index is 577. The number of methoxy groups -OCH3 is 1. The number of pyridine rings is 1. The second-order valence-electron chi connectivity index (χ2n) is 4.86. The lowest BCUT2D eigenvalue weighted by atomic mass is 10.2. The molecule has 2 rings (SSSR count). The van der Waals surface area contributed by atoms with Crippen LogP contribution in [0.2, 0.25) is 0 Å². The van der Waals surface area contributed by atoms with Gasteiger partial charge in [0.1, 0.15) is 0 Å². The Morgan fingerprint density at radius 2 is 2.05 bits per heavy atom. The molecule has 2 aromatic rings. The molecule has 0 unspecified atom stereocenters. The summed E-state index contributed by atoms with van der Waals surface area (Å²) in [4.78, 5) is 4.30. The molecule has 0 radical (unpaired) electrons. The van der Waals surface area contributed by atoms with Crippen LogP contribution in [0.5, 0.6) is 0 Å². The number of ether oxygens (including phenoxy) is 1. The van der Waals surface area contributed by atoms with E-state index in [1.807, 2.05) is 30.8 Å². The van der Waals surface area contributed by atoms with E-state index >= 15 is 0 Å². The van der Waals surface area contributed by atoms with E-state index in [1.54, 1.807) is 7.11 Å². The van der Waals surface area contributed by atoms with Crippen LogP contribution in [-0.4, -0.2) is 28.5 Å². The van der Waals surface area contributed by atoms with Gasteiger partial charge in [0.2, 0.25) is 0 Å². The van der Waals surface area contributed by atoms with Crippen molar-refractivity contribution in [1.29, 1.82) is 0 Å². The molecular weight excluding hydrogens is 252 g/mol. The highest BCUT2D eigenvalue weighted by Crippen LogP contribution is 2.20. The molecule has 0 aliphatic heterocycles. The predicted molar refractivity (Wildman–Crippen MR) is 79.9 cm³/mol. The average molecular weight is 274 g/mol. The zero-order valence-electron chi connectivity index (χ0n) is 12.6. The van der Waals surface area contributed by atoms with Crippen LogP contribution < -0.4 is 5.32 Å². The Hall–Kier alpha value is -1.88. The Kier molecular flexibility index (Phi) is 4.74. The number of anilines is 1. The van der Waals surface area contributed by atoms with E-state index in [1.165, 1.54) is 5.56 Å². The molecule has 0 aliphatic rings. The smallest absolute Gasteiger partial charge is 0.0828 e. The highest BCUT2D eigenvalue weighted by atomic mass is 16.5. The second-order valence-corrected chi connectivity index (χ2v) is 4.86. The SMILES string of the molecule is COCCn1nc(C)c(NCc2cccnc2C)c1C. The number of aromatic nitrogens is 3. The standard InChI is InChI=1S/C15H22N4O/c1-11-14(6-5-7-16-11)10-17-15-12(2)18-19(13(15)3)8-9-20-4/h5-7,17H,8-10H2,1-4H3. The molecule has 0 bridgehead atoms. The summed E-state index contributed by atoms with van der Waals surface area (Å²) >= 11 is 0. The summed E-state index contributed by atoms with van der Waals surface area (Å²) in [5, 5.41) is 8.01. The number of hydrogen-bond acceptors (Lipinski definition) is 4. The maximum absolute atomic E-state index is 5.11. The molecule has 1 N–H and O–H groups in total. The van der Waals surface area contributed by atoms with Crippen LogP contribution in [0.1, 0.15) is 22.6 Å². The monoisotopic (exact) mass is 274 g/mol. The maximum atomic E-state index is 5.11. The van der Waals surface area contributed by atoms with Gasteiger partial charge in [0.15, 0.2) is 0 Å². The molecule has 0 fully saturated rings. The number of aryl methyl sites for hydroxylation is 2. The molecule has 0 saturated carbocycles. The van der Waals surface area contributed by atoms with Crippen LogP contribution in [0.4, 0.5) is 5.69 Å². The van der Waals surface area contributed by atoms with Gasteiger partial charge in [-0.25, -0.2) is 0 Å². The Labute approximate surface area is 120 Å². The minimum absolute atomic E-state index is 0.670. The lowest BCUT2D eigenvalue weighted by molar-refractivity contribution is 0.182. The van der Waals surface area contributed by atoms with Gasteiger partial charge in [-0.15, -0.1) is 0 Å². The normalized spacial score (nSPS) is 10.8. The molecule has 5 heteroatoms. The lowest BCUT2D eigenvalue weighted by Gasteiger charge is -2.09. The fraction of sp³-hybridized carbons (Fsp3) is 0.467. The molecule has 2 aromatic heterocycles. The summed E-state index contributed by atoms with van der Waals surface area (Å²) in [5.41, 5.74) is 5.52. The van der Waals surface area contributed by atoms with Crippen LogP contribution in [0.3, 0.4) is 0 Å². The van der Waals surface area contributed by atoms with Crippen molar-refractivity contribution in [1.82, 2.24) is 14.8 Å². The quantitative estimate of drug-likeness (QED) is 0.879. The molecular formula is C15H22N4O. The zero-order chi connectivity index (χ0) is 14.5. The summed E-state index contributed by atoms with van der Waals surface area (Å²) in [7, 11) is 1.70. The third kappa shape index (κ3) is 3.17. The van der Waals surface area contributed by atoms with Crippen molar-refractivity contribution in [2.45, 2.75) is 33.9 Å². The molecule has 0 spiro atoms. The van der Waals surface area contributed by atoms with E-state index in [0.717, 1.165) is 35.9 Å². The first kappa shape index (κ1) is 14.5. The van der Waals surface area contributed by atoms with Gasteiger partial charge in [0, 0.05) is 25.5 Å². The molecule has 0 aliphatic carbocycles. The van der Waals surface area contributed by atoms with E-state index in [0.29, 0.717) is 6.61 Å². The third-order valence-electron chi connectivity index (χ3n) is 3.46. The maximum Gasteiger partial charge on any atom is 0.0828 e. The summed E-state index contributed by atoms with van der Waals surface area (Å²) in [5.74, 6) is 0. The van der Waals surface area contributed by atoms with Crippen LogP contribution >= 0.6 is 0 Å². The highest BCUT2D eigenvalue weighted by Gasteiger charge is 2.11. The van der Waals surface area contributed by atoms with Crippen LogP contribution in [0.25, 0.3) is 0 Å². The van der Waals surface area contributed by atoms with Gasteiger partial charge in [0.05, 0.1) is 30.2 Å². The largest absolute Gasteiger partial charge is 0.383 e. The van der Waals surface area contributed by atoms with Gasteiger partial charge in [0.25, 0.3) is 0 Å². The number of hydrogen-bond donors (Lipinski definition) is 1. The molecule has 20 heavy (non-hydrogen) atoms. The first-order valence-electron chi connectivity index (χ1n) is 6.80. The molecule has 5 nitrogen and oxygen atoms in total. The Morgan fingerprint density at radius 1 is 1.25 bits per heavy atom. The van der Waals surface area contributed by atoms with Gasteiger partial charge in [-0.2, -0.15) is 5.10 Å². The number of nitrogens with zero attached hydrogens (tertiary/aromatic N) is 3. The second kappa shape index (κ2) is 6.52. The summed E-state index contributed by atoms with van der Waals surface area (Å²) in [6.45, 7) is 8.33. The zero-order valence-corrected chi connectivity index (χ0v) is 12.6. The number of rotatable bonds is 6. The Balaban J connectivity index is 2.10. The fourth-order valence-electron chi connectivity index (χ4n) is 2.24. The predicted octanol–water partition coefficient (Wildman–Crippen LogP) is 2.46. The Morgan fingerprint density at radius 3 is 2.75 bits per heavy atom. The van der Waals surface area contributed by atoms with Crippen molar-refractivity contribution >= 4 is 5.69 Å².